The van der Waals surface area contributed by atoms with E-state index in [1.165, 1.54) is 0 Å². The summed E-state index contributed by atoms with van der Waals surface area (Å²) in [6.07, 6.45) is 2.05. The Morgan fingerprint density at radius 2 is 1.93 bits per heavy atom. The Labute approximate surface area is 203 Å². The first-order chi connectivity index (χ1) is 12.5. The summed E-state index contributed by atoms with van der Waals surface area (Å²) >= 11 is 5.95. The average Bonchev–Trinajstić information content (AvgIpc) is 2.98. The van der Waals surface area contributed by atoms with Gasteiger partial charge in [-0.25, -0.2) is 9.97 Å². The van der Waals surface area contributed by atoms with Crippen molar-refractivity contribution in [1.82, 2.24) is 19.9 Å². The minimum absolute atomic E-state index is 0. The van der Waals surface area contributed by atoms with Crippen molar-refractivity contribution in [1.29, 1.82) is 0 Å². The topological polar surface area (TPSA) is 97.1 Å². The molecule has 0 bridgehead atoms. The summed E-state index contributed by atoms with van der Waals surface area (Å²) in [5.41, 5.74) is 2.13. The van der Waals surface area contributed by atoms with Gasteiger partial charge in [-0.3, -0.25) is 14.2 Å². The van der Waals surface area contributed by atoms with Crippen molar-refractivity contribution in [2.75, 3.05) is 6.54 Å². The second-order valence-corrected chi connectivity index (χ2v) is 6.16. The zero-order valence-corrected chi connectivity index (χ0v) is 18.7. The van der Waals surface area contributed by atoms with Crippen LogP contribution in [0.5, 0.6) is 0 Å². The third-order valence-electron chi connectivity index (χ3n) is 3.80. The zero-order chi connectivity index (χ0) is 18.5. The van der Waals surface area contributed by atoms with Crippen LogP contribution in [0.25, 0.3) is 22.6 Å². The normalized spacial score (nSPS) is 10.4. The number of carbonyl (C=O) groups excluding carboxylic acids is 1. The van der Waals surface area contributed by atoms with Crippen molar-refractivity contribution >= 4 is 86.0 Å². The van der Waals surface area contributed by atoms with Gasteiger partial charge in [-0.15, -0.1) is 0 Å². The molecule has 27 heavy (non-hydrogen) atoms. The number of imidazole rings is 1. The number of rotatable bonds is 7. The van der Waals surface area contributed by atoms with Gasteiger partial charge in [0.15, 0.2) is 5.65 Å². The molecule has 0 saturated carbocycles. The molecule has 1 amide bonds. The third kappa shape index (κ3) is 5.84. The number of carboxylic acid groups (broad SMARTS) is 1. The minimum atomic E-state index is -0.880. The van der Waals surface area contributed by atoms with Gasteiger partial charge >= 0.3 is 5.97 Å². The molecule has 2 aromatic heterocycles. The van der Waals surface area contributed by atoms with Crippen LogP contribution >= 0.6 is 11.6 Å². The van der Waals surface area contributed by atoms with Gasteiger partial charge in [0.1, 0.15) is 17.9 Å². The van der Waals surface area contributed by atoms with E-state index in [2.05, 4.69) is 15.3 Å². The van der Waals surface area contributed by atoms with Crippen molar-refractivity contribution in [3.05, 3.63) is 47.6 Å². The maximum atomic E-state index is 12.3. The number of aliphatic carboxylic acids is 1. The molecule has 2 heterocycles. The SMILES string of the molecule is O=C(O)CCCNC(=O)Cn1c(-c2ccc(Cl)cc2)nc2cccnc21.[K]. The number of hydrogen-bond donors (Lipinski definition) is 2. The van der Waals surface area contributed by atoms with E-state index in [-0.39, 0.29) is 70.3 Å². The van der Waals surface area contributed by atoms with Crippen molar-refractivity contribution in [3.63, 3.8) is 0 Å². The first kappa shape index (κ1) is 22.0. The van der Waals surface area contributed by atoms with E-state index in [0.29, 0.717) is 35.0 Å². The van der Waals surface area contributed by atoms with Gasteiger partial charge in [0, 0.05) is 81.1 Å². The Hall–Kier alpha value is -1.29. The number of hydrogen-bond acceptors (Lipinski definition) is 4. The van der Waals surface area contributed by atoms with Crippen molar-refractivity contribution in [2.24, 2.45) is 0 Å². The quantitative estimate of drug-likeness (QED) is 0.459. The first-order valence-corrected chi connectivity index (χ1v) is 8.48. The number of aromatic nitrogens is 3. The molecule has 0 aliphatic carbocycles. The zero-order valence-electron chi connectivity index (χ0n) is 14.9. The minimum Gasteiger partial charge on any atom is -0.481 e. The Morgan fingerprint density at radius 3 is 2.63 bits per heavy atom. The number of pyridine rings is 1. The van der Waals surface area contributed by atoms with Gasteiger partial charge in [-0.05, 0) is 42.8 Å². The van der Waals surface area contributed by atoms with Crippen LogP contribution in [0.3, 0.4) is 0 Å². The molecule has 1 aromatic carbocycles. The van der Waals surface area contributed by atoms with Crippen LogP contribution in [0, 0.1) is 0 Å². The fourth-order valence-electron chi connectivity index (χ4n) is 2.59. The summed E-state index contributed by atoms with van der Waals surface area (Å²) < 4.78 is 1.74. The number of carbonyl (C=O) groups is 2. The largest absolute Gasteiger partial charge is 0.481 e. The molecule has 135 valence electrons. The van der Waals surface area contributed by atoms with Crippen LogP contribution in [-0.2, 0) is 16.1 Å². The molecule has 0 unspecified atom stereocenters. The molecular formula is C18H17ClKN4O3. The molecule has 2 N–H and O–H groups in total. The number of nitrogens with zero attached hydrogens (tertiary/aromatic N) is 3. The van der Waals surface area contributed by atoms with E-state index in [1.54, 1.807) is 29.0 Å². The van der Waals surface area contributed by atoms with Crippen molar-refractivity contribution < 1.29 is 14.7 Å². The Kier molecular flexibility index (Phi) is 8.40. The molecule has 3 aromatic rings. The van der Waals surface area contributed by atoms with Gasteiger partial charge in [0.25, 0.3) is 0 Å². The summed E-state index contributed by atoms with van der Waals surface area (Å²) in [6, 6.07) is 10.8. The average molecular weight is 412 g/mol. The van der Waals surface area contributed by atoms with Gasteiger partial charge in [0.05, 0.1) is 0 Å². The molecule has 0 saturated heterocycles. The molecule has 0 spiro atoms. The molecular weight excluding hydrogens is 395 g/mol. The number of nitrogens with one attached hydrogen (secondary N) is 1. The number of fused-ring (bicyclic) bond motifs is 1. The summed E-state index contributed by atoms with van der Waals surface area (Å²) in [5, 5.41) is 12.0. The van der Waals surface area contributed by atoms with Crippen LogP contribution in [0.1, 0.15) is 12.8 Å². The summed E-state index contributed by atoms with van der Waals surface area (Å²) in [4.78, 5) is 31.7. The van der Waals surface area contributed by atoms with E-state index >= 15 is 0 Å². The smallest absolute Gasteiger partial charge is 0.303 e. The fraction of sp³-hybridized carbons (Fsp3) is 0.222. The third-order valence-corrected chi connectivity index (χ3v) is 4.05. The predicted octanol–water partition coefficient (Wildman–Crippen LogP) is 2.35. The van der Waals surface area contributed by atoms with Gasteiger partial charge in [-0.1, -0.05) is 11.6 Å². The van der Waals surface area contributed by atoms with E-state index in [0.717, 1.165) is 5.56 Å². The molecule has 0 atom stereocenters. The van der Waals surface area contributed by atoms with E-state index in [4.69, 9.17) is 16.7 Å². The fourth-order valence-corrected chi connectivity index (χ4v) is 2.72. The molecule has 0 aliphatic heterocycles. The van der Waals surface area contributed by atoms with Crippen molar-refractivity contribution in [3.8, 4) is 11.4 Å². The molecule has 1 radical (unpaired) electrons. The number of halogens is 1. The Morgan fingerprint density at radius 1 is 1.19 bits per heavy atom. The van der Waals surface area contributed by atoms with Crippen LogP contribution < -0.4 is 5.32 Å². The Bertz CT molecular complexity index is 943. The maximum absolute atomic E-state index is 12.3. The van der Waals surface area contributed by atoms with Gasteiger partial charge in [-0.2, -0.15) is 0 Å². The monoisotopic (exact) mass is 411 g/mol. The summed E-state index contributed by atoms with van der Waals surface area (Å²) in [6.45, 7) is 0.347. The van der Waals surface area contributed by atoms with E-state index in [1.807, 2.05) is 18.2 Å². The molecule has 0 fully saturated rings. The van der Waals surface area contributed by atoms with Crippen molar-refractivity contribution in [2.45, 2.75) is 19.4 Å². The first-order valence-electron chi connectivity index (χ1n) is 8.10. The predicted molar refractivity (Wildman–Crippen MR) is 104 cm³/mol. The molecule has 0 aliphatic rings. The maximum Gasteiger partial charge on any atom is 0.303 e. The van der Waals surface area contributed by atoms with Gasteiger partial charge < -0.3 is 10.4 Å². The van der Waals surface area contributed by atoms with Crippen LogP contribution in [-0.4, -0.2) is 89.4 Å². The van der Waals surface area contributed by atoms with Crippen LogP contribution in [0.15, 0.2) is 42.6 Å². The molecule has 9 heteroatoms. The number of amides is 1. The molecule has 7 nitrogen and oxygen atoms in total. The second kappa shape index (κ2) is 10.3. The number of benzene rings is 1. The standard InChI is InChI=1S/C18H17ClN4O3.K/c19-13-7-5-12(6-8-13)17-22-14-3-1-10-21-18(14)23(17)11-15(24)20-9-2-4-16(25)26;/h1,3,5-8,10H,2,4,9,11H2,(H,20,24)(H,25,26);. The van der Waals surface area contributed by atoms with Crippen LogP contribution in [0.2, 0.25) is 5.02 Å². The summed E-state index contributed by atoms with van der Waals surface area (Å²) in [5.74, 6) is -0.485. The van der Waals surface area contributed by atoms with Gasteiger partial charge in [0.2, 0.25) is 5.91 Å². The second-order valence-electron chi connectivity index (χ2n) is 5.72. The van der Waals surface area contributed by atoms with Crippen LogP contribution in [0.4, 0.5) is 0 Å². The number of carboxylic acids is 1. The summed E-state index contributed by atoms with van der Waals surface area (Å²) in [7, 11) is 0. The Balaban J connectivity index is 0.00000261. The van der Waals surface area contributed by atoms with E-state index < -0.39 is 5.97 Å². The van der Waals surface area contributed by atoms with E-state index in [9.17, 15) is 9.59 Å². The molecule has 3 rings (SSSR count).